The summed E-state index contributed by atoms with van der Waals surface area (Å²) in [5, 5.41) is 27.3. The lowest BCUT2D eigenvalue weighted by atomic mass is 9.46. The Morgan fingerprint density at radius 3 is 1.32 bits per heavy atom. The van der Waals surface area contributed by atoms with Gasteiger partial charge in [-0.25, -0.2) is 0 Å². The fourth-order valence-corrected chi connectivity index (χ4v) is 18.4. The zero-order chi connectivity index (χ0) is 89.4. The molecule has 0 aromatic heterocycles. The summed E-state index contributed by atoms with van der Waals surface area (Å²) in [7, 11) is 0. The molecule has 15 nitrogen and oxygen atoms in total. The quantitative estimate of drug-likeness (QED) is 0.0295. The third-order valence-electron chi connectivity index (χ3n) is 29.0. The first-order valence-electron chi connectivity index (χ1n) is 47.1. The van der Waals surface area contributed by atoms with E-state index < -0.39 is 22.9 Å². The van der Waals surface area contributed by atoms with Gasteiger partial charge in [0.05, 0.1) is 35.0 Å². The van der Waals surface area contributed by atoms with Crippen molar-refractivity contribution in [3.05, 3.63) is 119 Å². The molecule has 8 saturated carbocycles. The van der Waals surface area contributed by atoms with Crippen molar-refractivity contribution in [3.63, 3.8) is 0 Å². The fraction of sp³-hybridized carbons (Fsp3) is 0.724. The van der Waals surface area contributed by atoms with E-state index >= 15 is 0 Å². The number of nitriles is 1. The molecule has 120 heavy (non-hydrogen) atoms. The minimum Gasteiger partial charge on any atom is -0.508 e. The molecule has 15 heteroatoms. The molecule has 2 N–H and O–H groups in total. The molecule has 8 aliphatic carbocycles. The number of esters is 4. The Morgan fingerprint density at radius 2 is 0.933 bits per heavy atom. The molecule has 1 aliphatic heterocycles. The van der Waals surface area contributed by atoms with Crippen LogP contribution in [0.2, 0.25) is 0 Å². The van der Waals surface area contributed by atoms with Crippen LogP contribution < -0.4 is 9.47 Å². The van der Waals surface area contributed by atoms with E-state index in [1.54, 1.807) is 24.3 Å². The van der Waals surface area contributed by atoms with Gasteiger partial charge in [-0.1, -0.05) is 184 Å². The number of phenols is 2. The van der Waals surface area contributed by atoms with E-state index in [1.165, 1.54) is 119 Å². The van der Waals surface area contributed by atoms with E-state index in [4.69, 9.17) is 48.1 Å². The molecule has 674 valence electrons. The first-order valence-corrected chi connectivity index (χ1v) is 47.1. The topological polar surface area (TPSA) is 206 Å². The monoisotopic (exact) mass is 1660 g/mol. The average molecular weight is 1670 g/mol. The van der Waals surface area contributed by atoms with Gasteiger partial charge in [0, 0.05) is 22.7 Å². The van der Waals surface area contributed by atoms with Crippen LogP contribution in [0.15, 0.2) is 97.1 Å². The molecule has 13 rings (SSSR count). The predicted molar refractivity (Wildman–Crippen MR) is 486 cm³/mol. The van der Waals surface area contributed by atoms with E-state index in [9.17, 15) is 24.4 Å². The largest absolute Gasteiger partial charge is 0.508 e. The number of aromatic hydroxyl groups is 2. The maximum Gasteiger partial charge on any atom is 0.327 e. The lowest BCUT2D eigenvalue weighted by molar-refractivity contribution is -0.206. The summed E-state index contributed by atoms with van der Waals surface area (Å²) >= 11 is 0. The number of carbonyl (C=O) groups excluding carboxylic acids is 4. The SMILES string of the molecule is CCC(C)(C)C(=O)OC(C)(C)C12CC3CC(CC(C3)C1)C2.CCC(C)(C)C(=O)OC1C2CC3C1OC(=O)C3(C#N)C2.CCC(C)c1ccc(O)cc1.CCC(C)c1ccc(O)cc1.CCC(C)c1ccc(OC(C)OCCC2CCCCC2)cc1.CCC(C)c1ccc(OC(OC(C)C)C(C)(C)C)cc1.CCC1(OC(=O)C(C)(C)CC)CCCC1. The van der Waals surface area contributed by atoms with Gasteiger partial charge in [-0.2, -0.15) is 5.26 Å². The van der Waals surface area contributed by atoms with Crippen molar-refractivity contribution in [2.75, 3.05) is 6.61 Å². The molecule has 4 aromatic rings. The highest BCUT2D eigenvalue weighted by atomic mass is 16.7. The molecular formula is C105H165NO14. The average Bonchev–Trinajstić information content (AvgIpc) is 1.53. The van der Waals surface area contributed by atoms with E-state index in [1.807, 2.05) is 113 Å². The molecule has 4 aromatic carbocycles. The van der Waals surface area contributed by atoms with Crippen molar-refractivity contribution in [1.82, 2.24) is 0 Å². The summed E-state index contributed by atoms with van der Waals surface area (Å²) in [5.41, 5.74) is 2.88. The highest BCUT2D eigenvalue weighted by Gasteiger charge is 2.72. The summed E-state index contributed by atoms with van der Waals surface area (Å²) in [6.45, 7) is 55.1. The number of ether oxygens (including phenoxy) is 8. The zero-order valence-electron chi connectivity index (χ0n) is 79.7. The minimum absolute atomic E-state index is 0.00857. The number of carbonyl (C=O) groups is 4. The Hall–Kier alpha value is -6.63. The summed E-state index contributed by atoms with van der Waals surface area (Å²) in [6.07, 6.45) is 28.9. The third kappa shape index (κ3) is 28.5. The van der Waals surface area contributed by atoms with Crippen LogP contribution in [-0.4, -0.2) is 82.8 Å². The highest BCUT2D eigenvalue weighted by Crippen LogP contribution is 2.65. The second-order valence-electron chi connectivity index (χ2n) is 41.0. The van der Waals surface area contributed by atoms with Gasteiger partial charge in [-0.15, -0.1) is 0 Å². The van der Waals surface area contributed by atoms with Gasteiger partial charge in [0.15, 0.2) is 11.7 Å². The molecule has 1 heterocycles. The lowest BCUT2D eigenvalue weighted by Crippen LogP contribution is -2.58. The summed E-state index contributed by atoms with van der Waals surface area (Å²) in [5.74, 6) is 7.68. The Balaban J connectivity index is 0.000000220. The Labute approximate surface area is 728 Å². The van der Waals surface area contributed by atoms with E-state index in [2.05, 4.69) is 146 Å². The summed E-state index contributed by atoms with van der Waals surface area (Å²) < 4.78 is 46.5. The number of fused-ring (bicyclic) bond motifs is 1. The minimum atomic E-state index is -0.974. The molecule has 9 aliphatic rings. The molecule has 11 unspecified atom stereocenters. The van der Waals surface area contributed by atoms with Crippen molar-refractivity contribution < 1.29 is 67.3 Å². The van der Waals surface area contributed by atoms with Gasteiger partial charge in [-0.3, -0.25) is 19.2 Å². The van der Waals surface area contributed by atoms with Crippen molar-refractivity contribution in [3.8, 4) is 29.1 Å². The molecule has 0 spiro atoms. The number of rotatable bonds is 29. The van der Waals surface area contributed by atoms with Gasteiger partial charge in [-0.05, 0) is 329 Å². The Kier molecular flexibility index (Phi) is 39.0. The van der Waals surface area contributed by atoms with Crippen LogP contribution in [0.5, 0.6) is 23.0 Å². The molecule has 1 saturated heterocycles. The number of hydrogen-bond donors (Lipinski definition) is 2. The van der Waals surface area contributed by atoms with E-state index in [0.29, 0.717) is 48.0 Å². The van der Waals surface area contributed by atoms with Crippen LogP contribution in [0, 0.1) is 79.3 Å². The predicted octanol–water partition coefficient (Wildman–Crippen LogP) is 27.6. The second kappa shape index (κ2) is 45.8. The Bertz CT molecular complexity index is 3670. The number of benzene rings is 4. The van der Waals surface area contributed by atoms with Crippen LogP contribution in [-0.2, 0) is 47.6 Å². The van der Waals surface area contributed by atoms with Crippen molar-refractivity contribution in [1.29, 1.82) is 5.26 Å². The maximum atomic E-state index is 12.6. The van der Waals surface area contributed by atoms with E-state index in [0.717, 1.165) is 99.6 Å². The molecule has 11 atom stereocenters. The molecule has 0 amide bonds. The second-order valence-corrected chi connectivity index (χ2v) is 41.0. The number of phenolic OH excluding ortho intramolecular Hbond substituents is 2. The van der Waals surface area contributed by atoms with Crippen molar-refractivity contribution in [2.24, 2.45) is 68.0 Å². The first kappa shape index (κ1) is 102. The standard InChI is InChI=1S/C20H32O2.C19H32O2.C18H30O2.C15H19NO4.C13H24O2.2C10H14O/c1-4-16(2)19-10-12-20(13-11-19)22-17(3)21-15-14-18-8-6-5-7-9-18;1-6-17(2,3)16(20)21-18(4,5)19-10-13-7-14(11-19)9-15(8-13)12-19;1-8-14(4)15-9-11-16(12-10-15)20-17(18(5,6)7)19-13(2)3;1-4-14(2,3)12(17)19-10-8-5-9-11(10)20-13(18)15(9,6-8)7-16;1-5-12(3,4)11(14)15-13(6-2)9-7-8-10-13;2*1-3-8(2)9-4-6-10(11)7-5-9/h10-13,16-18H,4-9,14-15H2,1-3H3;13-15H,6-12H2,1-5H3;9-14,17H,8H2,1-7H3;8-11H,4-6H2,1-3H3;5-10H2,1-4H3;2*4-8,11H,3H2,1-2H3. The van der Waals surface area contributed by atoms with Crippen LogP contribution in [0.3, 0.4) is 0 Å². The number of nitrogens with zero attached hydrogens (tertiary/aromatic N) is 1. The normalized spacial score (nSPS) is 24.6. The Morgan fingerprint density at radius 1 is 0.525 bits per heavy atom. The van der Waals surface area contributed by atoms with Crippen molar-refractivity contribution in [2.45, 2.75) is 413 Å². The highest BCUT2D eigenvalue weighted by molar-refractivity contribution is 5.85. The maximum absolute atomic E-state index is 12.6. The third-order valence-corrected chi connectivity index (χ3v) is 29.0. The molecule has 6 bridgehead atoms. The van der Waals surface area contributed by atoms with Crippen LogP contribution in [0.4, 0.5) is 0 Å². The van der Waals surface area contributed by atoms with Gasteiger partial charge in [0.25, 0.3) is 0 Å². The lowest BCUT2D eigenvalue weighted by Gasteiger charge is -2.61. The smallest absolute Gasteiger partial charge is 0.327 e. The van der Waals surface area contributed by atoms with Crippen molar-refractivity contribution >= 4 is 23.9 Å². The van der Waals surface area contributed by atoms with Gasteiger partial charge in [0.1, 0.15) is 46.4 Å². The number of hydrogen-bond acceptors (Lipinski definition) is 15. The van der Waals surface area contributed by atoms with Crippen LogP contribution in [0.1, 0.15) is 393 Å². The molecule has 0 radical (unpaired) electrons. The van der Waals surface area contributed by atoms with Gasteiger partial charge < -0.3 is 48.1 Å². The molecular weight excluding hydrogens is 1500 g/mol. The van der Waals surface area contributed by atoms with Gasteiger partial charge >= 0.3 is 23.9 Å². The fourth-order valence-electron chi connectivity index (χ4n) is 18.4. The molecule has 9 fully saturated rings. The van der Waals surface area contributed by atoms with Crippen LogP contribution in [0.25, 0.3) is 0 Å². The van der Waals surface area contributed by atoms with Gasteiger partial charge in [0.2, 0.25) is 6.29 Å². The summed E-state index contributed by atoms with van der Waals surface area (Å²) in [4.78, 5) is 48.7. The van der Waals surface area contributed by atoms with E-state index in [-0.39, 0.29) is 87.4 Å². The van der Waals surface area contributed by atoms with Crippen LogP contribution >= 0.6 is 0 Å². The zero-order valence-corrected chi connectivity index (χ0v) is 79.7. The first-order chi connectivity index (χ1) is 56.4. The summed E-state index contributed by atoms with van der Waals surface area (Å²) in [6, 6.07) is 33.8.